The molecule has 1 aliphatic rings. The van der Waals surface area contributed by atoms with E-state index in [1.807, 2.05) is 36.4 Å². The molecule has 1 fully saturated rings. The van der Waals surface area contributed by atoms with Crippen molar-refractivity contribution < 1.29 is 14.6 Å². The van der Waals surface area contributed by atoms with Gasteiger partial charge in [-0.2, -0.15) is 5.10 Å². The lowest BCUT2D eigenvalue weighted by molar-refractivity contribution is -0.138. The molecule has 0 amide bonds. The molecule has 1 saturated carbocycles. The van der Waals surface area contributed by atoms with E-state index in [9.17, 15) is 4.79 Å². The molecular weight excluding hydrogens is 468 g/mol. The molecule has 0 bridgehead atoms. The minimum absolute atomic E-state index is 0.0152. The number of rotatable bonds is 7. The van der Waals surface area contributed by atoms with Gasteiger partial charge in [0.25, 0.3) is 0 Å². The van der Waals surface area contributed by atoms with Gasteiger partial charge < -0.3 is 9.84 Å². The number of pyridine rings is 1. The Kier molecular flexibility index (Phi) is 6.67. The topological polar surface area (TPSA) is 127 Å². The van der Waals surface area contributed by atoms with E-state index in [2.05, 4.69) is 30.1 Å². The smallest absolute Gasteiger partial charge is 0.316 e. The molecule has 0 aliphatic heterocycles. The first-order valence-electron chi connectivity index (χ1n) is 11.4. The molecule has 10 heteroatoms. The van der Waals surface area contributed by atoms with Crippen LogP contribution >= 0.6 is 11.6 Å². The van der Waals surface area contributed by atoms with Gasteiger partial charge in [0, 0.05) is 46.7 Å². The number of hydrogen-bond acceptors (Lipinski definition) is 7. The standard InChI is InChI=1S/C25H23ClN6O3/c26-19-3-1-2-16(11-19)23-30-24(32-31-23)17-6-9-21(27-12-17)18-13-28-25(29-14-18)35-20-7-4-15(5-8-20)10-22(33)34/h1-3,6,9,11-15,20H,4-5,7-8,10H2,(H,33,34)(H,30,31,32). The van der Waals surface area contributed by atoms with E-state index in [1.54, 1.807) is 18.6 Å². The summed E-state index contributed by atoms with van der Waals surface area (Å²) in [5.41, 5.74) is 3.12. The maximum atomic E-state index is 10.9. The first-order chi connectivity index (χ1) is 17.0. The van der Waals surface area contributed by atoms with Crippen molar-refractivity contribution in [3.05, 3.63) is 60.0 Å². The third kappa shape index (κ3) is 5.63. The van der Waals surface area contributed by atoms with Crippen molar-refractivity contribution in [2.75, 3.05) is 0 Å². The molecule has 1 aromatic carbocycles. The molecule has 35 heavy (non-hydrogen) atoms. The van der Waals surface area contributed by atoms with Crippen LogP contribution in [0.1, 0.15) is 32.1 Å². The molecule has 178 valence electrons. The Hall–Kier alpha value is -3.85. The number of aromatic nitrogens is 6. The Morgan fingerprint density at radius 1 is 1.00 bits per heavy atom. The lowest BCUT2D eigenvalue weighted by Gasteiger charge is -2.27. The Bertz CT molecular complexity index is 1300. The van der Waals surface area contributed by atoms with Gasteiger partial charge in [-0.05, 0) is 55.9 Å². The predicted octanol–water partition coefficient (Wildman–Crippen LogP) is 5.06. The summed E-state index contributed by atoms with van der Waals surface area (Å²) in [7, 11) is 0. The predicted molar refractivity (Wildman–Crippen MR) is 130 cm³/mol. The molecular formula is C25H23ClN6O3. The van der Waals surface area contributed by atoms with Gasteiger partial charge in [-0.1, -0.05) is 23.7 Å². The highest BCUT2D eigenvalue weighted by Crippen LogP contribution is 2.29. The SMILES string of the molecule is O=C(O)CC1CCC(Oc2ncc(-c3ccc(-c4n[nH]c(-c5cccc(Cl)c5)n4)cn3)cn2)CC1. The van der Waals surface area contributed by atoms with Crippen LogP contribution in [0, 0.1) is 5.92 Å². The first kappa shape index (κ1) is 22.9. The Morgan fingerprint density at radius 2 is 1.77 bits per heavy atom. The molecule has 9 nitrogen and oxygen atoms in total. The van der Waals surface area contributed by atoms with E-state index >= 15 is 0 Å². The van der Waals surface area contributed by atoms with Crippen molar-refractivity contribution in [1.82, 2.24) is 30.1 Å². The van der Waals surface area contributed by atoms with Crippen molar-refractivity contribution in [3.8, 4) is 40.0 Å². The minimum Gasteiger partial charge on any atom is -0.481 e. The number of carboxylic acids is 1. The summed E-state index contributed by atoms with van der Waals surface area (Å²) in [4.78, 5) is 28.6. The van der Waals surface area contributed by atoms with Gasteiger partial charge in [-0.3, -0.25) is 14.9 Å². The third-order valence-corrected chi connectivity index (χ3v) is 6.29. The van der Waals surface area contributed by atoms with Crippen LogP contribution in [0.5, 0.6) is 6.01 Å². The molecule has 5 rings (SSSR count). The maximum Gasteiger partial charge on any atom is 0.316 e. The van der Waals surface area contributed by atoms with Crippen LogP contribution in [0.25, 0.3) is 34.0 Å². The Morgan fingerprint density at radius 3 is 2.46 bits per heavy atom. The number of benzene rings is 1. The summed E-state index contributed by atoms with van der Waals surface area (Å²) < 4.78 is 5.90. The molecule has 1 aliphatic carbocycles. The third-order valence-electron chi connectivity index (χ3n) is 6.06. The summed E-state index contributed by atoms with van der Waals surface area (Å²) in [5, 5.41) is 16.8. The lowest BCUT2D eigenvalue weighted by atomic mass is 9.85. The molecule has 0 atom stereocenters. The average molecular weight is 491 g/mol. The van der Waals surface area contributed by atoms with Crippen LogP contribution in [-0.4, -0.2) is 47.3 Å². The van der Waals surface area contributed by atoms with Crippen molar-refractivity contribution >= 4 is 17.6 Å². The number of carbonyl (C=O) groups is 1. The fourth-order valence-corrected chi connectivity index (χ4v) is 4.40. The van der Waals surface area contributed by atoms with E-state index in [0.717, 1.165) is 48.1 Å². The molecule has 3 heterocycles. The number of nitrogens with one attached hydrogen (secondary N) is 1. The van der Waals surface area contributed by atoms with Gasteiger partial charge >= 0.3 is 12.0 Å². The monoisotopic (exact) mass is 490 g/mol. The average Bonchev–Trinajstić information content (AvgIpc) is 3.36. The van der Waals surface area contributed by atoms with Crippen molar-refractivity contribution in [1.29, 1.82) is 0 Å². The Balaban J connectivity index is 1.20. The van der Waals surface area contributed by atoms with Gasteiger partial charge in [0.1, 0.15) is 6.10 Å². The van der Waals surface area contributed by atoms with Crippen LogP contribution in [0.4, 0.5) is 0 Å². The normalized spacial score (nSPS) is 17.7. The zero-order valence-electron chi connectivity index (χ0n) is 18.8. The number of carboxylic acid groups (broad SMARTS) is 1. The second kappa shape index (κ2) is 10.2. The number of H-pyrrole nitrogens is 1. The quantitative estimate of drug-likeness (QED) is 0.368. The van der Waals surface area contributed by atoms with Crippen molar-refractivity contribution in [2.24, 2.45) is 5.92 Å². The highest BCUT2D eigenvalue weighted by molar-refractivity contribution is 6.30. The highest BCUT2D eigenvalue weighted by Gasteiger charge is 2.24. The number of aliphatic carboxylic acids is 1. The van der Waals surface area contributed by atoms with Gasteiger partial charge in [0.2, 0.25) is 0 Å². The molecule has 0 unspecified atom stereocenters. The first-order valence-corrected chi connectivity index (χ1v) is 11.8. The molecule has 0 saturated heterocycles. The van der Waals surface area contributed by atoms with Gasteiger partial charge in [-0.15, -0.1) is 0 Å². The molecule has 0 radical (unpaired) electrons. The summed E-state index contributed by atoms with van der Waals surface area (Å²) >= 11 is 6.06. The highest BCUT2D eigenvalue weighted by atomic mass is 35.5. The van der Waals surface area contributed by atoms with E-state index < -0.39 is 5.97 Å². The zero-order valence-corrected chi connectivity index (χ0v) is 19.5. The number of halogens is 1. The van der Waals surface area contributed by atoms with Gasteiger partial charge in [0.15, 0.2) is 11.6 Å². The van der Waals surface area contributed by atoms with Crippen molar-refractivity contribution in [2.45, 2.75) is 38.2 Å². The number of aromatic amines is 1. The summed E-state index contributed by atoms with van der Waals surface area (Å²) in [6, 6.07) is 11.5. The van der Waals surface area contributed by atoms with E-state index in [4.69, 9.17) is 21.4 Å². The molecule has 4 aromatic rings. The minimum atomic E-state index is -0.738. The number of hydrogen-bond donors (Lipinski definition) is 2. The maximum absolute atomic E-state index is 10.9. The van der Waals surface area contributed by atoms with Crippen LogP contribution in [-0.2, 0) is 4.79 Å². The summed E-state index contributed by atoms with van der Waals surface area (Å²) in [6.45, 7) is 0. The largest absolute Gasteiger partial charge is 0.481 e. The second-order valence-corrected chi connectivity index (χ2v) is 9.00. The van der Waals surface area contributed by atoms with Crippen LogP contribution in [0.2, 0.25) is 5.02 Å². The van der Waals surface area contributed by atoms with E-state index in [0.29, 0.717) is 22.7 Å². The zero-order chi connectivity index (χ0) is 24.2. The van der Waals surface area contributed by atoms with Gasteiger partial charge in [0.05, 0.1) is 5.69 Å². The molecule has 3 aromatic heterocycles. The fraction of sp³-hybridized carbons (Fsp3) is 0.280. The van der Waals surface area contributed by atoms with Gasteiger partial charge in [-0.25, -0.2) is 15.0 Å². The lowest BCUT2D eigenvalue weighted by Crippen LogP contribution is -2.25. The molecule has 0 spiro atoms. The summed E-state index contributed by atoms with van der Waals surface area (Å²) in [5.74, 6) is 0.658. The van der Waals surface area contributed by atoms with Crippen LogP contribution in [0.3, 0.4) is 0 Å². The number of ether oxygens (including phenoxy) is 1. The van der Waals surface area contributed by atoms with Crippen LogP contribution in [0.15, 0.2) is 55.0 Å². The second-order valence-electron chi connectivity index (χ2n) is 8.56. The van der Waals surface area contributed by atoms with Crippen LogP contribution < -0.4 is 4.74 Å². The fourth-order valence-electron chi connectivity index (χ4n) is 4.21. The Labute approximate surface area is 206 Å². The van der Waals surface area contributed by atoms with E-state index in [1.165, 1.54) is 0 Å². The summed E-state index contributed by atoms with van der Waals surface area (Å²) in [6.07, 6.45) is 8.63. The number of nitrogens with zero attached hydrogens (tertiary/aromatic N) is 5. The van der Waals surface area contributed by atoms with E-state index in [-0.39, 0.29) is 18.4 Å². The van der Waals surface area contributed by atoms with Crippen molar-refractivity contribution in [3.63, 3.8) is 0 Å². The molecule has 2 N–H and O–H groups in total.